The predicted molar refractivity (Wildman–Crippen MR) is 122 cm³/mol. The average molecular weight is 529 g/mol. The maximum Gasteiger partial charge on any atom is 0.410 e. The molecule has 1 aliphatic heterocycles. The second-order valence-electron chi connectivity index (χ2n) is 10.7. The summed E-state index contributed by atoms with van der Waals surface area (Å²) in [6.07, 6.45) is 0.349. The van der Waals surface area contributed by atoms with Gasteiger partial charge in [0.15, 0.2) is 6.61 Å². The van der Waals surface area contributed by atoms with Crippen molar-refractivity contribution in [2.75, 3.05) is 19.7 Å². The van der Waals surface area contributed by atoms with E-state index >= 15 is 0 Å². The summed E-state index contributed by atoms with van der Waals surface area (Å²) in [6.45, 7) is 3.73. The number of nitrogens with one attached hydrogen (secondary N) is 3. The third kappa shape index (κ3) is 5.04. The minimum absolute atomic E-state index is 0.0578. The van der Waals surface area contributed by atoms with Crippen LogP contribution in [0.3, 0.4) is 0 Å². The van der Waals surface area contributed by atoms with Crippen LogP contribution in [0.15, 0.2) is 18.2 Å². The molecule has 1 saturated heterocycles. The Morgan fingerprint density at radius 1 is 1.08 bits per heavy atom. The van der Waals surface area contributed by atoms with Crippen LogP contribution in [0.25, 0.3) is 0 Å². The van der Waals surface area contributed by atoms with E-state index in [1.807, 2.05) is 0 Å². The van der Waals surface area contributed by atoms with Crippen LogP contribution in [0.2, 0.25) is 5.02 Å². The van der Waals surface area contributed by atoms with Crippen molar-refractivity contribution in [2.24, 2.45) is 5.41 Å². The molecular weight excluding hydrogens is 502 g/mol. The quantitative estimate of drug-likeness (QED) is 0.485. The number of ether oxygens (including phenoxy) is 2. The van der Waals surface area contributed by atoms with E-state index in [4.69, 9.17) is 21.1 Å². The molecule has 1 aromatic rings. The molecule has 196 valence electrons. The van der Waals surface area contributed by atoms with Gasteiger partial charge >= 0.3 is 6.09 Å². The lowest BCUT2D eigenvalue weighted by molar-refractivity contribution is -0.185. The van der Waals surface area contributed by atoms with E-state index in [9.17, 15) is 28.0 Å². The molecule has 36 heavy (non-hydrogen) atoms. The topological polar surface area (TPSA) is 126 Å². The first-order chi connectivity index (χ1) is 16.6. The van der Waals surface area contributed by atoms with Crippen LogP contribution in [0.5, 0.6) is 5.75 Å². The highest BCUT2D eigenvalue weighted by Gasteiger charge is 2.72. The largest absolute Gasteiger partial charge is 0.484 e. The molecule has 2 bridgehead atoms. The molecule has 4 amide bonds. The molecule has 3 N–H and O–H groups in total. The van der Waals surface area contributed by atoms with Gasteiger partial charge in [0.05, 0.1) is 23.5 Å². The highest BCUT2D eigenvalue weighted by atomic mass is 35.5. The monoisotopic (exact) mass is 528 g/mol. The number of amides is 4. The van der Waals surface area contributed by atoms with Crippen molar-refractivity contribution in [3.05, 3.63) is 29.0 Å². The SMILES string of the molecule is CC(C)(C)OC(=O)N1CC(F)(C(=O)NNC(=O)C23CC(NC(=O)COc4ccc(Cl)c(F)c4)(C2)C3)C1. The number of benzene rings is 1. The van der Waals surface area contributed by atoms with Gasteiger partial charge < -0.3 is 19.7 Å². The van der Waals surface area contributed by atoms with E-state index in [0.29, 0.717) is 19.3 Å². The molecule has 4 fully saturated rings. The van der Waals surface area contributed by atoms with Gasteiger partial charge in [-0.25, -0.2) is 13.6 Å². The van der Waals surface area contributed by atoms with Crippen molar-refractivity contribution in [3.8, 4) is 5.75 Å². The fraction of sp³-hybridized carbons (Fsp3) is 0.565. The Hall–Kier alpha value is -3.15. The smallest absolute Gasteiger partial charge is 0.410 e. The standard InChI is InChI=1S/C23H27ClF2N4O6/c1-20(2,3)36-19(34)30-11-23(26,12-30)18(33)29-28-17(32)21-8-22(9-21,10-21)27-16(31)7-35-13-4-5-14(24)15(25)6-13/h4-6H,7-12H2,1-3H3,(H,27,31)(H,28,32)(H,29,33). The van der Waals surface area contributed by atoms with Gasteiger partial charge in [0.2, 0.25) is 11.6 Å². The van der Waals surface area contributed by atoms with E-state index in [1.165, 1.54) is 12.1 Å². The predicted octanol–water partition coefficient (Wildman–Crippen LogP) is 2.00. The van der Waals surface area contributed by atoms with Crippen molar-refractivity contribution >= 4 is 35.4 Å². The molecule has 5 rings (SSSR count). The normalized spacial score (nSPS) is 25.3. The molecule has 10 nitrogen and oxygen atoms in total. The minimum atomic E-state index is -2.33. The Bertz CT molecular complexity index is 1100. The zero-order valence-corrected chi connectivity index (χ0v) is 20.8. The van der Waals surface area contributed by atoms with Gasteiger partial charge in [0.25, 0.3) is 11.8 Å². The van der Waals surface area contributed by atoms with E-state index in [1.54, 1.807) is 20.8 Å². The number of halogens is 3. The summed E-state index contributed by atoms with van der Waals surface area (Å²) in [7, 11) is 0. The second-order valence-corrected chi connectivity index (χ2v) is 11.1. The van der Waals surface area contributed by atoms with E-state index < -0.39 is 64.9 Å². The number of likely N-dealkylation sites (tertiary alicyclic amines) is 1. The maximum atomic E-state index is 14.7. The van der Waals surface area contributed by atoms with Gasteiger partial charge in [-0.15, -0.1) is 0 Å². The molecule has 4 aliphatic rings. The van der Waals surface area contributed by atoms with Crippen LogP contribution in [-0.2, 0) is 19.1 Å². The third-order valence-corrected chi connectivity index (χ3v) is 6.72. The third-order valence-electron chi connectivity index (χ3n) is 6.41. The molecule has 0 atom stereocenters. The molecule has 1 aromatic carbocycles. The summed E-state index contributed by atoms with van der Waals surface area (Å²) in [6, 6.07) is 3.83. The van der Waals surface area contributed by atoms with Gasteiger partial charge in [0, 0.05) is 11.6 Å². The first kappa shape index (κ1) is 25.9. The molecular formula is C23H27ClF2N4O6. The van der Waals surface area contributed by atoms with Crippen molar-refractivity contribution in [3.63, 3.8) is 0 Å². The summed E-state index contributed by atoms with van der Waals surface area (Å²) < 4.78 is 38.6. The number of alkyl halides is 1. The van der Waals surface area contributed by atoms with E-state index in [2.05, 4.69) is 16.2 Å². The molecule has 0 unspecified atom stereocenters. The highest BCUT2D eigenvalue weighted by Crippen LogP contribution is 2.67. The van der Waals surface area contributed by atoms with Gasteiger partial charge in [-0.3, -0.25) is 25.2 Å². The fourth-order valence-electron chi connectivity index (χ4n) is 4.72. The van der Waals surface area contributed by atoms with Crippen LogP contribution in [0.4, 0.5) is 13.6 Å². The van der Waals surface area contributed by atoms with Crippen LogP contribution in [-0.4, -0.2) is 65.2 Å². The zero-order chi connectivity index (χ0) is 26.5. The molecule has 0 aromatic heterocycles. The molecule has 3 aliphatic carbocycles. The number of hydrazine groups is 1. The fourth-order valence-corrected chi connectivity index (χ4v) is 4.84. The van der Waals surface area contributed by atoms with Gasteiger partial charge in [-0.2, -0.15) is 0 Å². The number of nitrogens with zero attached hydrogens (tertiary/aromatic N) is 1. The summed E-state index contributed by atoms with van der Waals surface area (Å²) in [5.41, 5.74) is -0.0343. The zero-order valence-electron chi connectivity index (χ0n) is 20.0. The summed E-state index contributed by atoms with van der Waals surface area (Å²) in [5, 5.41) is 2.76. The number of carbonyl (C=O) groups excluding carboxylic acids is 4. The summed E-state index contributed by atoms with van der Waals surface area (Å²) >= 11 is 5.61. The first-order valence-corrected chi connectivity index (χ1v) is 11.7. The number of hydrogen-bond acceptors (Lipinski definition) is 6. The molecule has 13 heteroatoms. The number of carbonyl (C=O) groups is 4. The van der Waals surface area contributed by atoms with Crippen molar-refractivity contribution < 1.29 is 37.4 Å². The summed E-state index contributed by atoms with van der Waals surface area (Å²) in [5.74, 6) is -2.47. The molecule has 3 saturated carbocycles. The van der Waals surface area contributed by atoms with Crippen molar-refractivity contribution in [2.45, 2.75) is 56.8 Å². The molecule has 0 spiro atoms. The second kappa shape index (κ2) is 8.75. The van der Waals surface area contributed by atoms with Crippen LogP contribution in [0, 0.1) is 11.2 Å². The highest BCUT2D eigenvalue weighted by molar-refractivity contribution is 6.30. The first-order valence-electron chi connectivity index (χ1n) is 11.3. The van der Waals surface area contributed by atoms with Gasteiger partial charge in [0.1, 0.15) is 17.2 Å². The average Bonchev–Trinajstić information content (AvgIpc) is 2.70. The Labute approximate surface area is 211 Å². The van der Waals surface area contributed by atoms with Crippen molar-refractivity contribution in [1.82, 2.24) is 21.1 Å². The molecule has 1 heterocycles. The lowest BCUT2D eigenvalue weighted by atomic mass is 9.39. The number of rotatable bonds is 6. The van der Waals surface area contributed by atoms with Crippen molar-refractivity contribution in [1.29, 1.82) is 0 Å². The Balaban J connectivity index is 1.16. The Morgan fingerprint density at radius 3 is 2.28 bits per heavy atom. The minimum Gasteiger partial charge on any atom is -0.484 e. The van der Waals surface area contributed by atoms with E-state index in [0.717, 1.165) is 11.0 Å². The summed E-state index contributed by atoms with van der Waals surface area (Å²) in [4.78, 5) is 49.9. The maximum absolute atomic E-state index is 14.7. The van der Waals surface area contributed by atoms with Crippen LogP contribution in [0.1, 0.15) is 40.0 Å². The van der Waals surface area contributed by atoms with Crippen LogP contribution >= 0.6 is 11.6 Å². The Morgan fingerprint density at radius 2 is 1.69 bits per heavy atom. The molecule has 0 radical (unpaired) electrons. The van der Waals surface area contributed by atoms with Gasteiger partial charge in [-0.1, -0.05) is 11.6 Å². The lowest BCUT2D eigenvalue weighted by Gasteiger charge is -2.68. The van der Waals surface area contributed by atoms with Gasteiger partial charge in [-0.05, 0) is 52.2 Å². The Kier molecular flexibility index (Phi) is 6.30. The number of hydrogen-bond donors (Lipinski definition) is 3. The lowest BCUT2D eigenvalue weighted by Crippen LogP contribution is -2.79. The van der Waals surface area contributed by atoms with E-state index in [-0.39, 0.29) is 17.4 Å². The van der Waals surface area contributed by atoms with Crippen LogP contribution < -0.4 is 20.9 Å².